The minimum atomic E-state index is -0.294. The Balaban J connectivity index is 2.44. The summed E-state index contributed by atoms with van der Waals surface area (Å²) < 4.78 is 13.7. The van der Waals surface area contributed by atoms with Crippen molar-refractivity contribution in [3.8, 4) is 0 Å². The lowest BCUT2D eigenvalue weighted by atomic mass is 10.2. The van der Waals surface area contributed by atoms with Crippen LogP contribution in [0.4, 0.5) is 4.39 Å². The van der Waals surface area contributed by atoms with Gasteiger partial charge in [-0.15, -0.1) is 0 Å². The van der Waals surface area contributed by atoms with E-state index in [-0.39, 0.29) is 17.8 Å². The summed E-state index contributed by atoms with van der Waals surface area (Å²) in [7, 11) is 0. The number of hydrogen-bond acceptors (Lipinski definition) is 2. The molecule has 1 aromatic rings. The van der Waals surface area contributed by atoms with Gasteiger partial charge >= 0.3 is 0 Å². The largest absolute Gasteiger partial charge is 0.355 e. The van der Waals surface area contributed by atoms with Crippen molar-refractivity contribution >= 4 is 21.8 Å². The lowest BCUT2D eigenvalue weighted by molar-refractivity contribution is -0.122. The summed E-state index contributed by atoms with van der Waals surface area (Å²) in [5, 5.41) is 5.87. The van der Waals surface area contributed by atoms with Crippen molar-refractivity contribution in [2.45, 2.75) is 32.9 Å². The molecule has 0 aliphatic carbocycles. The zero-order valence-electron chi connectivity index (χ0n) is 10.6. The smallest absolute Gasteiger partial charge is 0.236 e. The molecule has 0 radical (unpaired) electrons. The Hall–Kier alpha value is -0.940. The molecule has 0 spiro atoms. The normalized spacial score (nSPS) is 12.2. The van der Waals surface area contributed by atoms with Crippen molar-refractivity contribution in [2.24, 2.45) is 0 Å². The van der Waals surface area contributed by atoms with E-state index < -0.39 is 0 Å². The van der Waals surface area contributed by atoms with Gasteiger partial charge in [-0.1, -0.05) is 13.0 Å². The van der Waals surface area contributed by atoms with Crippen molar-refractivity contribution in [1.29, 1.82) is 0 Å². The molecule has 5 heteroatoms. The molecule has 0 fully saturated rings. The monoisotopic (exact) mass is 316 g/mol. The van der Waals surface area contributed by atoms with Gasteiger partial charge in [-0.2, -0.15) is 0 Å². The van der Waals surface area contributed by atoms with Gasteiger partial charge in [0.1, 0.15) is 5.82 Å². The predicted molar refractivity (Wildman–Crippen MR) is 73.7 cm³/mol. The summed E-state index contributed by atoms with van der Waals surface area (Å²) in [6.45, 7) is 4.94. The second kappa shape index (κ2) is 7.48. The van der Waals surface area contributed by atoms with Crippen LogP contribution in [-0.2, 0) is 11.3 Å². The van der Waals surface area contributed by atoms with Crippen molar-refractivity contribution in [2.75, 3.05) is 6.54 Å². The lowest BCUT2D eigenvalue weighted by Gasteiger charge is -2.13. The highest BCUT2D eigenvalue weighted by atomic mass is 79.9. The van der Waals surface area contributed by atoms with Crippen LogP contribution in [0.15, 0.2) is 22.7 Å². The third-order valence-electron chi connectivity index (χ3n) is 2.54. The molecular formula is C13H18BrFN2O. The Kier molecular flexibility index (Phi) is 6.29. The SMILES string of the molecule is CCCNC(=O)C(C)NCc1ccc(Br)c(F)c1. The topological polar surface area (TPSA) is 41.1 Å². The number of halogens is 2. The highest BCUT2D eigenvalue weighted by Crippen LogP contribution is 2.16. The molecule has 1 amide bonds. The first-order valence-corrected chi connectivity index (χ1v) is 6.79. The van der Waals surface area contributed by atoms with Gasteiger partial charge in [0.05, 0.1) is 10.5 Å². The van der Waals surface area contributed by atoms with Crippen LogP contribution in [0.2, 0.25) is 0 Å². The first-order chi connectivity index (χ1) is 8.54. The van der Waals surface area contributed by atoms with Crippen molar-refractivity contribution in [3.63, 3.8) is 0 Å². The Morgan fingerprint density at radius 2 is 2.22 bits per heavy atom. The molecule has 1 unspecified atom stereocenters. The molecule has 1 aromatic carbocycles. The van der Waals surface area contributed by atoms with Crippen LogP contribution >= 0.6 is 15.9 Å². The number of rotatable bonds is 6. The molecular weight excluding hydrogens is 299 g/mol. The molecule has 0 heterocycles. The average Bonchev–Trinajstić information content (AvgIpc) is 2.36. The summed E-state index contributed by atoms with van der Waals surface area (Å²) >= 11 is 3.10. The molecule has 0 aromatic heterocycles. The van der Waals surface area contributed by atoms with E-state index in [0.717, 1.165) is 12.0 Å². The fourth-order valence-electron chi connectivity index (χ4n) is 1.41. The summed E-state index contributed by atoms with van der Waals surface area (Å²) in [4.78, 5) is 11.6. The molecule has 0 bridgehead atoms. The van der Waals surface area contributed by atoms with Crippen LogP contribution in [0.3, 0.4) is 0 Å². The molecule has 2 N–H and O–H groups in total. The molecule has 0 aliphatic heterocycles. The number of nitrogens with one attached hydrogen (secondary N) is 2. The van der Waals surface area contributed by atoms with Gasteiger partial charge in [-0.3, -0.25) is 4.79 Å². The van der Waals surface area contributed by atoms with Gasteiger partial charge in [-0.05, 0) is 47.0 Å². The second-order valence-corrected chi connectivity index (χ2v) is 5.00. The number of hydrogen-bond donors (Lipinski definition) is 2. The van der Waals surface area contributed by atoms with Crippen LogP contribution in [-0.4, -0.2) is 18.5 Å². The second-order valence-electron chi connectivity index (χ2n) is 4.14. The maximum atomic E-state index is 13.3. The van der Waals surface area contributed by atoms with E-state index in [9.17, 15) is 9.18 Å². The predicted octanol–water partition coefficient (Wildman–Crippen LogP) is 2.59. The van der Waals surface area contributed by atoms with E-state index in [1.54, 1.807) is 13.0 Å². The van der Waals surface area contributed by atoms with E-state index in [4.69, 9.17) is 0 Å². The molecule has 0 saturated carbocycles. The molecule has 100 valence electrons. The van der Waals surface area contributed by atoms with Crippen molar-refractivity contribution in [1.82, 2.24) is 10.6 Å². The van der Waals surface area contributed by atoms with E-state index in [2.05, 4.69) is 26.6 Å². The summed E-state index contributed by atoms with van der Waals surface area (Å²) in [5.74, 6) is -0.327. The highest BCUT2D eigenvalue weighted by molar-refractivity contribution is 9.10. The standard InChI is InChI=1S/C13H18BrFN2O/c1-3-6-16-13(18)9(2)17-8-10-4-5-11(14)12(15)7-10/h4-5,7,9,17H,3,6,8H2,1-2H3,(H,16,18). The fourth-order valence-corrected chi connectivity index (χ4v) is 1.66. The van der Waals surface area contributed by atoms with Crippen LogP contribution in [0, 0.1) is 5.82 Å². The summed E-state index contributed by atoms with van der Waals surface area (Å²) in [6, 6.07) is 4.64. The molecule has 1 rings (SSSR count). The van der Waals surface area contributed by atoms with E-state index >= 15 is 0 Å². The van der Waals surface area contributed by atoms with E-state index in [1.807, 2.05) is 13.0 Å². The van der Waals surface area contributed by atoms with Crippen LogP contribution < -0.4 is 10.6 Å². The number of carbonyl (C=O) groups excluding carboxylic acids is 1. The number of amides is 1. The molecule has 0 aliphatic rings. The summed E-state index contributed by atoms with van der Waals surface area (Å²) in [5.41, 5.74) is 0.811. The Morgan fingerprint density at radius 3 is 2.83 bits per heavy atom. The van der Waals surface area contributed by atoms with Crippen molar-refractivity contribution < 1.29 is 9.18 Å². The Labute approximate surface area is 115 Å². The average molecular weight is 317 g/mol. The quantitative estimate of drug-likeness (QED) is 0.847. The highest BCUT2D eigenvalue weighted by Gasteiger charge is 2.11. The maximum Gasteiger partial charge on any atom is 0.236 e. The minimum Gasteiger partial charge on any atom is -0.355 e. The lowest BCUT2D eigenvalue weighted by Crippen LogP contribution is -2.42. The fraction of sp³-hybridized carbons (Fsp3) is 0.462. The van der Waals surface area contributed by atoms with E-state index in [0.29, 0.717) is 17.6 Å². The summed E-state index contributed by atoms with van der Waals surface area (Å²) in [6.07, 6.45) is 0.913. The number of carbonyl (C=O) groups is 1. The van der Waals surface area contributed by atoms with Gasteiger partial charge in [-0.25, -0.2) is 4.39 Å². The number of benzene rings is 1. The third-order valence-corrected chi connectivity index (χ3v) is 3.18. The van der Waals surface area contributed by atoms with Gasteiger partial charge in [0, 0.05) is 13.1 Å². The van der Waals surface area contributed by atoms with Crippen LogP contribution in [0.5, 0.6) is 0 Å². The van der Waals surface area contributed by atoms with Gasteiger partial charge < -0.3 is 10.6 Å². The molecule has 1 atom stereocenters. The first-order valence-electron chi connectivity index (χ1n) is 5.99. The third kappa shape index (κ3) is 4.74. The zero-order chi connectivity index (χ0) is 13.5. The Morgan fingerprint density at radius 1 is 1.50 bits per heavy atom. The van der Waals surface area contributed by atoms with Gasteiger partial charge in [0.25, 0.3) is 0 Å². The van der Waals surface area contributed by atoms with Crippen LogP contribution in [0.25, 0.3) is 0 Å². The minimum absolute atomic E-state index is 0.0329. The maximum absolute atomic E-state index is 13.3. The van der Waals surface area contributed by atoms with Gasteiger partial charge in [0.2, 0.25) is 5.91 Å². The molecule has 0 saturated heterocycles. The first kappa shape index (κ1) is 15.1. The molecule has 3 nitrogen and oxygen atoms in total. The van der Waals surface area contributed by atoms with E-state index in [1.165, 1.54) is 6.07 Å². The van der Waals surface area contributed by atoms with Crippen LogP contribution in [0.1, 0.15) is 25.8 Å². The zero-order valence-corrected chi connectivity index (χ0v) is 12.2. The van der Waals surface area contributed by atoms with Crippen molar-refractivity contribution in [3.05, 3.63) is 34.1 Å². The molecule has 18 heavy (non-hydrogen) atoms. The van der Waals surface area contributed by atoms with Gasteiger partial charge in [0.15, 0.2) is 0 Å². The Bertz CT molecular complexity index is 412.